The maximum absolute atomic E-state index is 12.8. The van der Waals surface area contributed by atoms with Gasteiger partial charge in [0.2, 0.25) is 0 Å². The minimum atomic E-state index is -1.35. The summed E-state index contributed by atoms with van der Waals surface area (Å²) < 4.78 is 4.99. The van der Waals surface area contributed by atoms with Gasteiger partial charge in [-0.05, 0) is 25.3 Å². The molecular formula is C15H20N2O6. The number of nitrogens with one attached hydrogen (secondary N) is 1. The lowest BCUT2D eigenvalue weighted by Crippen LogP contribution is -2.45. The van der Waals surface area contributed by atoms with E-state index in [1.54, 1.807) is 0 Å². The molecule has 23 heavy (non-hydrogen) atoms. The van der Waals surface area contributed by atoms with Gasteiger partial charge in [0, 0.05) is 12.6 Å². The predicted molar refractivity (Wildman–Crippen MR) is 82.1 cm³/mol. The van der Waals surface area contributed by atoms with Crippen LogP contribution in [-0.4, -0.2) is 58.5 Å². The normalized spacial score (nSPS) is 17.7. The Kier molecular flexibility index (Phi) is 5.28. The molecule has 1 aliphatic heterocycles. The number of rotatable bonds is 4. The third-order valence-electron chi connectivity index (χ3n) is 3.89. The quantitative estimate of drug-likeness (QED) is 0.666. The van der Waals surface area contributed by atoms with Crippen LogP contribution < -0.4 is 10.1 Å². The van der Waals surface area contributed by atoms with E-state index in [0.717, 1.165) is 18.9 Å². The lowest BCUT2D eigenvalue weighted by molar-refractivity contribution is 0.0503. The zero-order valence-corrected chi connectivity index (χ0v) is 12.8. The molecule has 1 aliphatic rings. The number of benzene rings is 1. The second-order valence-corrected chi connectivity index (χ2v) is 5.33. The molecule has 4 N–H and O–H groups in total. The van der Waals surface area contributed by atoms with Crippen molar-refractivity contribution in [2.45, 2.75) is 25.3 Å². The summed E-state index contributed by atoms with van der Waals surface area (Å²) in [6, 6.07) is 2.14. The summed E-state index contributed by atoms with van der Waals surface area (Å²) in [5.41, 5.74) is 0.0467. The maximum Gasteiger partial charge on any atom is 0.409 e. The van der Waals surface area contributed by atoms with Crippen molar-refractivity contribution in [3.8, 4) is 11.5 Å². The number of nitrogens with zero attached hydrogens (tertiary/aromatic N) is 1. The zero-order valence-electron chi connectivity index (χ0n) is 12.8. The second kappa shape index (κ2) is 7.19. The number of likely N-dealkylation sites (tertiary alicyclic amines) is 1. The van der Waals surface area contributed by atoms with E-state index in [9.17, 15) is 19.8 Å². The lowest BCUT2D eigenvalue weighted by atomic mass is 10.0. The molecule has 0 aliphatic carbocycles. The number of amides is 2. The van der Waals surface area contributed by atoms with Gasteiger partial charge in [-0.3, -0.25) is 10.1 Å². The minimum Gasteiger partial charge on any atom is -0.504 e. The van der Waals surface area contributed by atoms with Crippen molar-refractivity contribution in [3.05, 3.63) is 17.7 Å². The molecular weight excluding hydrogens is 304 g/mol. The minimum absolute atomic E-state index is 0.0249. The van der Waals surface area contributed by atoms with Gasteiger partial charge in [-0.2, -0.15) is 0 Å². The Balaban J connectivity index is 2.42. The molecule has 0 unspecified atom stereocenters. The van der Waals surface area contributed by atoms with Crippen LogP contribution in [0.4, 0.5) is 10.5 Å². The van der Waals surface area contributed by atoms with E-state index in [0.29, 0.717) is 13.0 Å². The highest BCUT2D eigenvalue weighted by Gasteiger charge is 2.29. The van der Waals surface area contributed by atoms with Crippen LogP contribution in [-0.2, 0) is 0 Å². The molecule has 0 saturated carbocycles. The average molecular weight is 324 g/mol. The van der Waals surface area contributed by atoms with E-state index in [-0.39, 0.29) is 35.4 Å². The first kappa shape index (κ1) is 16.9. The Morgan fingerprint density at radius 1 is 1.39 bits per heavy atom. The summed E-state index contributed by atoms with van der Waals surface area (Å²) in [5, 5.41) is 30.3. The van der Waals surface area contributed by atoms with E-state index in [4.69, 9.17) is 9.84 Å². The summed E-state index contributed by atoms with van der Waals surface area (Å²) in [4.78, 5) is 25.2. The van der Waals surface area contributed by atoms with Crippen molar-refractivity contribution in [1.29, 1.82) is 0 Å². The fourth-order valence-electron chi connectivity index (χ4n) is 2.74. The van der Waals surface area contributed by atoms with Gasteiger partial charge < -0.3 is 25.0 Å². The molecule has 8 nitrogen and oxygen atoms in total. The number of piperidine rings is 1. The highest BCUT2D eigenvalue weighted by Crippen LogP contribution is 2.34. The number of carbonyl (C=O) groups excluding carboxylic acids is 1. The third-order valence-corrected chi connectivity index (χ3v) is 3.89. The Hall–Kier alpha value is -2.48. The predicted octanol–water partition coefficient (Wildman–Crippen LogP) is 1.48. The molecule has 2 amide bonds. The molecule has 1 atom stereocenters. The standard InChI is InChI=1S/C15H20N2O6/c1-23-13-6-10(11(7-12(13)19)16-15(21)22)14(20)17-5-3-2-4-9(17)8-18/h6-7,9,16,18-19H,2-5,8H2,1H3,(H,21,22)/t9-/m0/s1. The Bertz CT molecular complexity index is 604. The number of aromatic hydroxyl groups is 1. The summed E-state index contributed by atoms with van der Waals surface area (Å²) >= 11 is 0. The highest BCUT2D eigenvalue weighted by atomic mass is 16.5. The number of phenolic OH excluding ortho intramolecular Hbond substituents is 1. The molecule has 0 aromatic heterocycles. The molecule has 126 valence electrons. The number of hydrogen-bond acceptors (Lipinski definition) is 5. The van der Waals surface area contributed by atoms with E-state index in [1.807, 2.05) is 0 Å². The van der Waals surface area contributed by atoms with Gasteiger partial charge in [-0.25, -0.2) is 4.79 Å². The van der Waals surface area contributed by atoms with Crippen LogP contribution in [0.15, 0.2) is 12.1 Å². The summed E-state index contributed by atoms with van der Waals surface area (Å²) in [7, 11) is 1.34. The van der Waals surface area contributed by atoms with Crippen LogP contribution in [0.2, 0.25) is 0 Å². The number of aliphatic hydroxyl groups excluding tert-OH is 1. The topological polar surface area (TPSA) is 119 Å². The van der Waals surface area contributed by atoms with Crippen molar-refractivity contribution in [2.75, 3.05) is 25.6 Å². The monoisotopic (exact) mass is 324 g/mol. The lowest BCUT2D eigenvalue weighted by Gasteiger charge is -2.35. The molecule has 1 aromatic rings. The van der Waals surface area contributed by atoms with Crippen LogP contribution in [0.3, 0.4) is 0 Å². The van der Waals surface area contributed by atoms with Gasteiger partial charge in [0.05, 0.1) is 31.0 Å². The van der Waals surface area contributed by atoms with Crippen molar-refractivity contribution in [2.24, 2.45) is 0 Å². The van der Waals surface area contributed by atoms with Gasteiger partial charge in [-0.15, -0.1) is 0 Å². The number of carboxylic acid groups (broad SMARTS) is 1. The molecule has 1 aromatic carbocycles. The van der Waals surface area contributed by atoms with Crippen LogP contribution in [0.5, 0.6) is 11.5 Å². The SMILES string of the molecule is COc1cc(C(=O)N2CCCC[C@H]2CO)c(NC(=O)O)cc1O. The number of anilines is 1. The first-order chi connectivity index (χ1) is 11.0. The number of hydrogen-bond donors (Lipinski definition) is 4. The van der Waals surface area contributed by atoms with Gasteiger partial charge in [0.15, 0.2) is 11.5 Å². The summed E-state index contributed by atoms with van der Waals surface area (Å²) in [5.74, 6) is -0.613. The van der Waals surface area contributed by atoms with Crippen molar-refractivity contribution in [3.63, 3.8) is 0 Å². The molecule has 1 fully saturated rings. The van der Waals surface area contributed by atoms with Crippen molar-refractivity contribution in [1.82, 2.24) is 4.90 Å². The number of aliphatic hydroxyl groups is 1. The Labute approximate surface area is 133 Å². The Morgan fingerprint density at radius 2 is 2.13 bits per heavy atom. The van der Waals surface area contributed by atoms with Crippen LogP contribution in [0.1, 0.15) is 29.6 Å². The van der Waals surface area contributed by atoms with Gasteiger partial charge >= 0.3 is 6.09 Å². The van der Waals surface area contributed by atoms with Crippen LogP contribution in [0.25, 0.3) is 0 Å². The molecule has 1 heterocycles. The molecule has 0 bridgehead atoms. The largest absolute Gasteiger partial charge is 0.504 e. The van der Waals surface area contributed by atoms with E-state index in [2.05, 4.69) is 5.32 Å². The van der Waals surface area contributed by atoms with Crippen molar-refractivity contribution < 1.29 is 29.6 Å². The van der Waals surface area contributed by atoms with E-state index in [1.165, 1.54) is 18.1 Å². The van der Waals surface area contributed by atoms with Crippen molar-refractivity contribution >= 4 is 17.7 Å². The van der Waals surface area contributed by atoms with E-state index >= 15 is 0 Å². The van der Waals surface area contributed by atoms with Crippen LogP contribution in [0, 0.1) is 0 Å². The fourth-order valence-corrected chi connectivity index (χ4v) is 2.74. The second-order valence-electron chi connectivity index (χ2n) is 5.33. The van der Waals surface area contributed by atoms with E-state index < -0.39 is 12.0 Å². The smallest absolute Gasteiger partial charge is 0.409 e. The number of methoxy groups -OCH3 is 1. The zero-order chi connectivity index (χ0) is 17.0. The van der Waals surface area contributed by atoms with Gasteiger partial charge in [0.25, 0.3) is 5.91 Å². The molecule has 1 saturated heterocycles. The first-order valence-corrected chi connectivity index (χ1v) is 7.30. The molecule has 0 radical (unpaired) electrons. The average Bonchev–Trinajstić information content (AvgIpc) is 2.54. The number of phenols is 1. The number of ether oxygens (including phenoxy) is 1. The maximum atomic E-state index is 12.8. The van der Waals surface area contributed by atoms with Crippen LogP contribution >= 0.6 is 0 Å². The summed E-state index contributed by atoms with van der Waals surface area (Å²) in [6.45, 7) is 0.336. The number of carbonyl (C=O) groups is 2. The third kappa shape index (κ3) is 3.65. The van der Waals surface area contributed by atoms with Gasteiger partial charge in [0.1, 0.15) is 0 Å². The Morgan fingerprint density at radius 3 is 2.74 bits per heavy atom. The van der Waals surface area contributed by atoms with Gasteiger partial charge in [-0.1, -0.05) is 0 Å². The molecule has 0 spiro atoms. The molecule has 2 rings (SSSR count). The summed E-state index contributed by atoms with van der Waals surface area (Å²) in [6.07, 6.45) is 1.09. The fraction of sp³-hybridized carbons (Fsp3) is 0.467. The first-order valence-electron chi connectivity index (χ1n) is 7.30. The molecule has 8 heteroatoms. The highest BCUT2D eigenvalue weighted by molar-refractivity contribution is 6.03.